The fraction of sp³-hybridized carbons (Fsp3) is 0.290. The van der Waals surface area contributed by atoms with Gasteiger partial charge in [0.1, 0.15) is 23.9 Å². The van der Waals surface area contributed by atoms with Crippen molar-refractivity contribution in [2.45, 2.75) is 56.3 Å². The smallest absolute Gasteiger partial charge is 0.326 e. The number of carboxylic acids is 2. The minimum absolute atomic E-state index is 0.0139. The number of amides is 3. The average molecular weight is 634 g/mol. The topological polar surface area (TPSA) is 253 Å². The van der Waals surface area contributed by atoms with Crippen LogP contribution in [0, 0.1) is 0 Å². The fourth-order valence-electron chi connectivity index (χ4n) is 4.86. The van der Waals surface area contributed by atoms with Gasteiger partial charge in [0.2, 0.25) is 17.7 Å². The van der Waals surface area contributed by atoms with Crippen molar-refractivity contribution in [2.75, 3.05) is 0 Å². The van der Waals surface area contributed by atoms with Crippen molar-refractivity contribution in [3.8, 4) is 5.75 Å². The standard InChI is InChI=1S/C31H35N7O8/c32-22(9-10-27(40)41)28(42)36-25(12-18-14-34-23-4-2-1-3-21(18)23)30(44)37-24(11-17-5-7-20(39)8-6-17)29(43)38-26(31(45)46)13-19-15-33-16-35-19/h1-8,14-16,22,24-26,34,39H,9-13,32H2,(H,33,35)(H,36,42)(H,37,44)(H,38,43)(H,40,41)(H,45,46). The number of nitrogens with zero attached hydrogens (tertiary/aromatic N) is 1. The summed E-state index contributed by atoms with van der Waals surface area (Å²) in [5, 5.41) is 37.0. The third-order valence-corrected chi connectivity index (χ3v) is 7.34. The first-order valence-electron chi connectivity index (χ1n) is 14.4. The maximum absolute atomic E-state index is 13.8. The van der Waals surface area contributed by atoms with Gasteiger partial charge in [0, 0.05) is 54.7 Å². The lowest BCUT2D eigenvalue weighted by molar-refractivity contribution is -0.142. The number of aliphatic carboxylic acids is 2. The number of nitrogens with one attached hydrogen (secondary N) is 5. The third kappa shape index (κ3) is 9.15. The van der Waals surface area contributed by atoms with Gasteiger partial charge in [0.05, 0.1) is 12.4 Å². The molecule has 15 nitrogen and oxygen atoms in total. The molecule has 0 bridgehead atoms. The number of hydrogen-bond acceptors (Lipinski definition) is 8. The van der Waals surface area contributed by atoms with Gasteiger partial charge in [-0.3, -0.25) is 19.2 Å². The molecule has 0 fully saturated rings. The SMILES string of the molecule is NC(CCC(=O)O)C(=O)NC(Cc1c[nH]c2ccccc12)C(=O)NC(Cc1ccc(O)cc1)C(=O)NC(Cc1cnc[nH]1)C(=O)O. The van der Waals surface area contributed by atoms with E-state index >= 15 is 0 Å². The van der Waals surface area contributed by atoms with E-state index in [4.69, 9.17) is 10.8 Å². The molecular formula is C31H35N7O8. The predicted octanol–water partition coefficient (Wildman–Crippen LogP) is 0.356. The highest BCUT2D eigenvalue weighted by Crippen LogP contribution is 2.20. The van der Waals surface area contributed by atoms with Gasteiger partial charge in [-0.25, -0.2) is 9.78 Å². The Morgan fingerprint density at radius 2 is 1.46 bits per heavy atom. The Morgan fingerprint density at radius 3 is 2.11 bits per heavy atom. The quantitative estimate of drug-likeness (QED) is 0.0818. The fourth-order valence-corrected chi connectivity index (χ4v) is 4.86. The van der Waals surface area contributed by atoms with Gasteiger partial charge in [0.15, 0.2) is 0 Å². The number of carboxylic acid groups (broad SMARTS) is 2. The minimum atomic E-state index is -1.36. The number of carbonyl (C=O) groups excluding carboxylic acids is 3. The number of fused-ring (bicyclic) bond motifs is 1. The molecule has 0 aliphatic carbocycles. The predicted molar refractivity (Wildman–Crippen MR) is 164 cm³/mol. The number of nitrogens with two attached hydrogens (primary N) is 1. The monoisotopic (exact) mass is 633 g/mol. The van der Waals surface area contributed by atoms with E-state index in [1.165, 1.54) is 24.7 Å². The number of carbonyl (C=O) groups is 5. The van der Waals surface area contributed by atoms with Crippen LogP contribution in [0.3, 0.4) is 0 Å². The van der Waals surface area contributed by atoms with E-state index in [1.807, 2.05) is 24.3 Å². The number of aromatic hydroxyl groups is 1. The molecule has 0 radical (unpaired) electrons. The highest BCUT2D eigenvalue weighted by atomic mass is 16.4. The van der Waals surface area contributed by atoms with E-state index < -0.39 is 53.8 Å². The van der Waals surface area contributed by atoms with Gasteiger partial charge in [-0.05, 0) is 35.7 Å². The van der Waals surface area contributed by atoms with Crippen molar-refractivity contribution in [3.63, 3.8) is 0 Å². The van der Waals surface area contributed by atoms with Crippen LogP contribution >= 0.6 is 0 Å². The van der Waals surface area contributed by atoms with Crippen LogP contribution in [0.5, 0.6) is 5.75 Å². The summed E-state index contributed by atoms with van der Waals surface area (Å²) in [7, 11) is 0. The molecule has 15 heteroatoms. The molecule has 4 unspecified atom stereocenters. The van der Waals surface area contributed by atoms with Gasteiger partial charge >= 0.3 is 11.9 Å². The van der Waals surface area contributed by atoms with E-state index in [2.05, 4.69) is 30.9 Å². The van der Waals surface area contributed by atoms with Gasteiger partial charge in [-0.1, -0.05) is 30.3 Å². The van der Waals surface area contributed by atoms with E-state index in [9.17, 15) is 34.2 Å². The second-order valence-corrected chi connectivity index (χ2v) is 10.8. The van der Waals surface area contributed by atoms with Crippen LogP contribution in [0.4, 0.5) is 0 Å². The maximum atomic E-state index is 13.8. The number of phenols is 1. The molecular weight excluding hydrogens is 598 g/mol. The summed E-state index contributed by atoms with van der Waals surface area (Å²) in [4.78, 5) is 73.2. The number of para-hydroxylation sites is 1. The normalized spacial score (nSPS) is 13.7. The Bertz CT molecular complexity index is 1670. The van der Waals surface area contributed by atoms with Gasteiger partial charge in [-0.2, -0.15) is 0 Å². The molecule has 0 spiro atoms. The van der Waals surface area contributed by atoms with Crippen molar-refractivity contribution < 1.29 is 39.3 Å². The Morgan fingerprint density at radius 1 is 0.804 bits per heavy atom. The van der Waals surface area contributed by atoms with Crippen molar-refractivity contribution >= 4 is 40.6 Å². The van der Waals surface area contributed by atoms with E-state index in [0.29, 0.717) is 16.8 Å². The van der Waals surface area contributed by atoms with Crippen molar-refractivity contribution in [1.29, 1.82) is 0 Å². The van der Waals surface area contributed by atoms with Gasteiger partial charge in [-0.15, -0.1) is 0 Å². The van der Waals surface area contributed by atoms with Crippen molar-refractivity contribution in [2.24, 2.45) is 5.73 Å². The van der Waals surface area contributed by atoms with Crippen LogP contribution in [0.25, 0.3) is 10.9 Å². The Balaban J connectivity index is 1.59. The first kappa shape index (κ1) is 33.2. The Hall–Kier alpha value is -5.70. The summed E-state index contributed by atoms with van der Waals surface area (Å²) in [6.07, 6.45) is 3.77. The zero-order valence-corrected chi connectivity index (χ0v) is 24.6. The maximum Gasteiger partial charge on any atom is 0.326 e. The molecule has 0 saturated carbocycles. The number of phenolic OH excluding ortho intramolecular Hbond substituents is 1. The van der Waals surface area contributed by atoms with Crippen LogP contribution < -0.4 is 21.7 Å². The average Bonchev–Trinajstić information content (AvgIpc) is 3.69. The molecule has 242 valence electrons. The molecule has 46 heavy (non-hydrogen) atoms. The molecule has 10 N–H and O–H groups in total. The molecule has 0 aliphatic heterocycles. The summed E-state index contributed by atoms with van der Waals surface area (Å²) in [6, 6.07) is 8.10. The summed E-state index contributed by atoms with van der Waals surface area (Å²) < 4.78 is 0. The lowest BCUT2D eigenvalue weighted by atomic mass is 10.0. The zero-order valence-electron chi connectivity index (χ0n) is 24.6. The molecule has 0 aliphatic rings. The van der Waals surface area contributed by atoms with Crippen LogP contribution in [-0.4, -0.2) is 84.1 Å². The minimum Gasteiger partial charge on any atom is -0.508 e. The largest absolute Gasteiger partial charge is 0.508 e. The summed E-state index contributed by atoms with van der Waals surface area (Å²) in [5.74, 6) is -4.78. The van der Waals surface area contributed by atoms with Crippen LogP contribution in [0.2, 0.25) is 0 Å². The summed E-state index contributed by atoms with van der Waals surface area (Å²) in [5.41, 5.74) is 8.41. The molecule has 4 atom stereocenters. The number of rotatable bonds is 16. The summed E-state index contributed by atoms with van der Waals surface area (Å²) in [6.45, 7) is 0. The zero-order chi connectivity index (χ0) is 33.2. The molecule has 2 heterocycles. The molecule has 0 saturated heterocycles. The second kappa shape index (κ2) is 15.3. The van der Waals surface area contributed by atoms with Gasteiger partial charge in [0.25, 0.3) is 0 Å². The number of aromatic amines is 2. The Labute approximate surface area is 262 Å². The molecule has 2 aromatic heterocycles. The first-order valence-corrected chi connectivity index (χ1v) is 14.4. The van der Waals surface area contributed by atoms with Crippen LogP contribution in [0.15, 0.2) is 67.3 Å². The van der Waals surface area contributed by atoms with E-state index in [0.717, 1.165) is 10.9 Å². The van der Waals surface area contributed by atoms with Crippen LogP contribution in [-0.2, 0) is 43.2 Å². The highest BCUT2D eigenvalue weighted by Gasteiger charge is 2.31. The van der Waals surface area contributed by atoms with Gasteiger partial charge < -0.3 is 47.0 Å². The Kier molecular flexibility index (Phi) is 11.1. The number of hydrogen-bond donors (Lipinski definition) is 9. The first-order chi connectivity index (χ1) is 22.0. The number of H-pyrrole nitrogens is 2. The third-order valence-electron chi connectivity index (χ3n) is 7.34. The van der Waals surface area contributed by atoms with Crippen molar-refractivity contribution in [3.05, 3.63) is 84.1 Å². The molecule has 4 rings (SSSR count). The molecule has 3 amide bonds. The lowest BCUT2D eigenvalue weighted by Gasteiger charge is -2.25. The second-order valence-electron chi connectivity index (χ2n) is 10.8. The lowest BCUT2D eigenvalue weighted by Crippen LogP contribution is -2.58. The number of aromatic nitrogens is 3. The summed E-state index contributed by atoms with van der Waals surface area (Å²) >= 11 is 0. The molecule has 2 aromatic carbocycles. The van der Waals surface area contributed by atoms with E-state index in [-0.39, 0.29) is 37.9 Å². The van der Waals surface area contributed by atoms with Crippen molar-refractivity contribution in [1.82, 2.24) is 30.9 Å². The number of benzene rings is 2. The highest BCUT2D eigenvalue weighted by molar-refractivity contribution is 5.95. The van der Waals surface area contributed by atoms with E-state index in [1.54, 1.807) is 18.3 Å². The number of imidazole rings is 1. The van der Waals surface area contributed by atoms with Crippen LogP contribution in [0.1, 0.15) is 29.7 Å². The molecule has 4 aromatic rings.